The molecule has 2 aliphatic rings. The molecule has 2 heterocycles. The second-order valence-electron chi connectivity index (χ2n) is 8.50. The highest BCUT2D eigenvalue weighted by atomic mass is 35.5. The lowest BCUT2D eigenvalue weighted by molar-refractivity contribution is -0.114. The molecule has 2 atom stereocenters. The molecular formula is C25H26ClN3O. The van der Waals surface area contributed by atoms with Gasteiger partial charge in [-0.25, -0.2) is 0 Å². The van der Waals surface area contributed by atoms with Crippen molar-refractivity contribution in [2.24, 2.45) is 0 Å². The molecule has 1 aliphatic heterocycles. The number of amides is 1. The van der Waals surface area contributed by atoms with Crippen molar-refractivity contribution in [3.05, 3.63) is 70.4 Å². The second-order valence-corrected chi connectivity index (χ2v) is 8.93. The summed E-state index contributed by atoms with van der Waals surface area (Å²) in [6.07, 6.45) is 8.87. The van der Waals surface area contributed by atoms with Crippen molar-refractivity contribution in [1.82, 2.24) is 10.3 Å². The summed E-state index contributed by atoms with van der Waals surface area (Å²) in [5.74, 6) is 0.555. The minimum Gasteiger partial charge on any atom is -0.361 e. The minimum absolute atomic E-state index is 0.0187. The molecule has 4 nitrogen and oxygen atoms in total. The molecule has 5 heteroatoms. The van der Waals surface area contributed by atoms with Crippen LogP contribution >= 0.6 is 11.6 Å². The van der Waals surface area contributed by atoms with E-state index < -0.39 is 0 Å². The molecular weight excluding hydrogens is 394 g/mol. The third-order valence-corrected chi connectivity index (χ3v) is 6.68. The number of nitrogens with one attached hydrogen (secondary N) is 3. The van der Waals surface area contributed by atoms with Gasteiger partial charge in [0, 0.05) is 52.9 Å². The number of H-pyrrole nitrogens is 1. The Morgan fingerprint density at radius 2 is 2.13 bits per heavy atom. The highest BCUT2D eigenvalue weighted by molar-refractivity contribution is 6.31. The number of halogens is 1. The Hall–Kier alpha value is -2.56. The van der Waals surface area contributed by atoms with Gasteiger partial charge in [0.05, 0.1) is 0 Å². The summed E-state index contributed by atoms with van der Waals surface area (Å²) in [5, 5.41) is 8.60. The van der Waals surface area contributed by atoms with Crippen molar-refractivity contribution in [2.45, 2.75) is 44.6 Å². The summed E-state index contributed by atoms with van der Waals surface area (Å²) in [7, 11) is 0. The Kier molecular flexibility index (Phi) is 5.13. The summed E-state index contributed by atoms with van der Waals surface area (Å²) in [6, 6.07) is 12.9. The molecule has 3 N–H and O–H groups in total. The topological polar surface area (TPSA) is 56.9 Å². The maximum Gasteiger partial charge on any atom is 0.221 e. The number of rotatable bonds is 4. The van der Waals surface area contributed by atoms with Crippen molar-refractivity contribution in [2.75, 3.05) is 11.9 Å². The van der Waals surface area contributed by atoms with E-state index in [9.17, 15) is 4.79 Å². The van der Waals surface area contributed by atoms with Gasteiger partial charge in [0.1, 0.15) is 0 Å². The first-order valence-corrected chi connectivity index (χ1v) is 11.0. The molecule has 2 unspecified atom stereocenters. The molecule has 0 radical (unpaired) electrons. The van der Waals surface area contributed by atoms with E-state index in [-0.39, 0.29) is 5.91 Å². The Morgan fingerprint density at radius 1 is 1.23 bits per heavy atom. The predicted octanol–water partition coefficient (Wildman–Crippen LogP) is 5.65. The van der Waals surface area contributed by atoms with Crippen LogP contribution in [0.25, 0.3) is 16.5 Å². The van der Waals surface area contributed by atoms with Crippen molar-refractivity contribution >= 4 is 39.7 Å². The molecule has 3 aromatic rings. The number of anilines is 1. The Morgan fingerprint density at radius 3 is 3.00 bits per heavy atom. The van der Waals surface area contributed by atoms with Gasteiger partial charge in [-0.2, -0.15) is 0 Å². The molecule has 5 rings (SSSR count). The van der Waals surface area contributed by atoms with Gasteiger partial charge < -0.3 is 15.6 Å². The summed E-state index contributed by atoms with van der Waals surface area (Å²) < 4.78 is 0. The number of carbonyl (C=O) groups excluding carboxylic acids is 1. The van der Waals surface area contributed by atoms with E-state index in [1.807, 2.05) is 18.2 Å². The summed E-state index contributed by atoms with van der Waals surface area (Å²) in [5.41, 5.74) is 7.53. The first kappa shape index (κ1) is 19.4. The zero-order valence-electron chi connectivity index (χ0n) is 17.1. The zero-order chi connectivity index (χ0) is 20.7. The van der Waals surface area contributed by atoms with Gasteiger partial charge in [-0.3, -0.25) is 4.79 Å². The van der Waals surface area contributed by atoms with Crippen molar-refractivity contribution in [1.29, 1.82) is 0 Å². The number of aryl methyl sites for hydroxylation is 1. The van der Waals surface area contributed by atoms with Crippen LogP contribution in [0.3, 0.4) is 0 Å². The monoisotopic (exact) mass is 419 g/mol. The van der Waals surface area contributed by atoms with Crippen LogP contribution in [0.15, 0.2) is 48.7 Å². The van der Waals surface area contributed by atoms with E-state index in [1.54, 1.807) is 6.92 Å². The van der Waals surface area contributed by atoms with Gasteiger partial charge in [0.25, 0.3) is 0 Å². The molecule has 0 saturated heterocycles. The fraction of sp³-hybridized carbons (Fsp3) is 0.320. The van der Waals surface area contributed by atoms with E-state index >= 15 is 0 Å². The van der Waals surface area contributed by atoms with Crippen LogP contribution in [0.5, 0.6) is 0 Å². The number of carbonyl (C=O) groups is 1. The number of benzene rings is 2. The van der Waals surface area contributed by atoms with E-state index in [4.69, 9.17) is 11.6 Å². The van der Waals surface area contributed by atoms with Crippen LogP contribution in [-0.4, -0.2) is 23.5 Å². The SMILES string of the molecule is CC(=O)Nc1ccc2c(c1)CCC2CC1CC(c2c[nH]c3cc(Cl)ccc23)=CCN1. The summed E-state index contributed by atoms with van der Waals surface area (Å²) in [4.78, 5) is 14.7. The first-order chi connectivity index (χ1) is 14.6. The van der Waals surface area contributed by atoms with E-state index in [0.717, 1.165) is 42.0 Å². The van der Waals surface area contributed by atoms with Gasteiger partial charge in [0.15, 0.2) is 0 Å². The van der Waals surface area contributed by atoms with Crippen LogP contribution < -0.4 is 10.6 Å². The molecule has 2 aromatic carbocycles. The van der Waals surface area contributed by atoms with Crippen molar-refractivity contribution in [3.8, 4) is 0 Å². The highest BCUT2D eigenvalue weighted by Gasteiger charge is 2.27. The zero-order valence-corrected chi connectivity index (χ0v) is 17.9. The normalized spacial score (nSPS) is 20.8. The van der Waals surface area contributed by atoms with Crippen molar-refractivity contribution in [3.63, 3.8) is 0 Å². The molecule has 0 bridgehead atoms. The van der Waals surface area contributed by atoms with Gasteiger partial charge >= 0.3 is 0 Å². The lowest BCUT2D eigenvalue weighted by Crippen LogP contribution is -2.34. The van der Waals surface area contributed by atoms with Gasteiger partial charge in [0.2, 0.25) is 5.91 Å². The van der Waals surface area contributed by atoms with Crippen LogP contribution in [0.2, 0.25) is 5.02 Å². The summed E-state index contributed by atoms with van der Waals surface area (Å²) in [6.45, 7) is 2.46. The largest absolute Gasteiger partial charge is 0.361 e. The molecule has 1 aliphatic carbocycles. The van der Waals surface area contributed by atoms with Gasteiger partial charge in [-0.15, -0.1) is 0 Å². The minimum atomic E-state index is -0.0187. The first-order valence-electron chi connectivity index (χ1n) is 10.7. The van der Waals surface area contributed by atoms with E-state index in [0.29, 0.717) is 12.0 Å². The number of aromatic amines is 1. The standard InChI is InChI=1S/C25H26ClN3O/c1-15(30)29-20-5-7-22-16(10-20)2-3-17(22)11-21-12-18(8-9-27-21)24-14-28-25-13-19(26)4-6-23(24)25/h4-8,10,13-14,17,21,27-28H,2-3,9,11-12H2,1H3,(H,29,30). The highest BCUT2D eigenvalue weighted by Crippen LogP contribution is 2.39. The number of hydrogen-bond acceptors (Lipinski definition) is 2. The smallest absolute Gasteiger partial charge is 0.221 e. The quantitative estimate of drug-likeness (QED) is 0.512. The molecule has 0 spiro atoms. The lowest BCUT2D eigenvalue weighted by atomic mass is 9.87. The van der Waals surface area contributed by atoms with E-state index in [2.05, 4.69) is 46.1 Å². The lowest BCUT2D eigenvalue weighted by Gasteiger charge is -2.27. The molecule has 0 saturated carbocycles. The fourth-order valence-electron chi connectivity index (χ4n) is 5.10. The maximum absolute atomic E-state index is 11.3. The third kappa shape index (κ3) is 3.78. The fourth-order valence-corrected chi connectivity index (χ4v) is 5.27. The molecule has 1 amide bonds. The second kappa shape index (κ2) is 7.93. The third-order valence-electron chi connectivity index (χ3n) is 6.45. The molecule has 0 fully saturated rings. The van der Waals surface area contributed by atoms with Crippen LogP contribution in [0.4, 0.5) is 5.69 Å². The number of aromatic nitrogens is 1. The Labute approximate surface area is 181 Å². The average Bonchev–Trinajstić information content (AvgIpc) is 3.31. The predicted molar refractivity (Wildman–Crippen MR) is 124 cm³/mol. The van der Waals surface area contributed by atoms with Crippen molar-refractivity contribution < 1.29 is 4.79 Å². The Balaban J connectivity index is 1.31. The Bertz CT molecular complexity index is 1150. The number of hydrogen-bond donors (Lipinski definition) is 3. The van der Waals surface area contributed by atoms with Crippen LogP contribution in [0.1, 0.15) is 48.8 Å². The average molecular weight is 420 g/mol. The number of fused-ring (bicyclic) bond motifs is 2. The summed E-state index contributed by atoms with van der Waals surface area (Å²) >= 11 is 6.14. The van der Waals surface area contributed by atoms with Crippen LogP contribution in [0, 0.1) is 0 Å². The van der Waals surface area contributed by atoms with Crippen LogP contribution in [-0.2, 0) is 11.2 Å². The maximum atomic E-state index is 11.3. The molecule has 1 aromatic heterocycles. The van der Waals surface area contributed by atoms with E-state index in [1.165, 1.54) is 34.1 Å². The van der Waals surface area contributed by atoms with Gasteiger partial charge in [-0.05, 0) is 72.6 Å². The van der Waals surface area contributed by atoms with Gasteiger partial charge in [-0.1, -0.05) is 29.8 Å². The molecule has 30 heavy (non-hydrogen) atoms. The molecule has 154 valence electrons.